The molecule has 318 valence electrons. The maximum absolute atomic E-state index is 2.49. The molecule has 0 saturated carbocycles. The first kappa shape index (κ1) is 37.0. The molecule has 0 N–H and O–H groups in total. The average Bonchev–Trinajstić information content (AvgIpc) is 4.15. The largest absolute Gasteiger partial charge is 0.309 e. The van der Waals surface area contributed by atoms with Gasteiger partial charge >= 0.3 is 0 Å². The lowest BCUT2D eigenvalue weighted by Crippen LogP contribution is -1.96. The van der Waals surface area contributed by atoms with Crippen LogP contribution in [0.1, 0.15) is 0 Å². The molecule has 0 aliphatic carbocycles. The molecule has 16 rings (SSSR count). The normalized spacial score (nSPS) is 12.3. The van der Waals surface area contributed by atoms with E-state index >= 15 is 0 Å². The van der Waals surface area contributed by atoms with Gasteiger partial charge in [-0.15, -0.1) is 0 Å². The van der Waals surface area contributed by atoms with Crippen LogP contribution in [0.3, 0.4) is 0 Å². The molecule has 4 heterocycles. The highest BCUT2D eigenvalue weighted by atomic mass is 15.0. The predicted octanol–water partition coefficient (Wildman–Crippen LogP) is 17.8. The second kappa shape index (κ2) is 13.7. The Bertz CT molecular complexity index is 4700. The number of nitrogens with zero attached hydrogens (tertiary/aromatic N) is 3. The van der Waals surface area contributed by atoms with Gasteiger partial charge in [-0.3, -0.25) is 0 Å². The standard InChI is InChI=1S/C66H39N3/c1-2-15-47-45(14-1)46-16-3-4-21-52(46)65-53(47)22-13-27-64(65)68-59-24-10-6-18-49(59)55-37-43(33-35-63(55)68)41-30-28-40(29-31-41)42-32-34-62-54(36-42)48-17-5-9-23-58(48)67(62)44-38-56-50-19-7-11-25-60(50)69-61-26-12-8-20-51(61)57(39-44)66(56)69/h1-39H. The summed E-state index contributed by atoms with van der Waals surface area (Å²) in [7, 11) is 0. The molecule has 16 aromatic rings. The molecule has 0 aliphatic rings. The minimum atomic E-state index is 1.18. The third-order valence-electron chi connectivity index (χ3n) is 15.3. The van der Waals surface area contributed by atoms with Gasteiger partial charge in [0, 0.05) is 54.2 Å². The van der Waals surface area contributed by atoms with E-state index in [1.54, 1.807) is 0 Å². The Balaban J connectivity index is 0.814. The highest BCUT2D eigenvalue weighted by Gasteiger charge is 2.22. The zero-order valence-electron chi connectivity index (χ0n) is 37.4. The van der Waals surface area contributed by atoms with Gasteiger partial charge in [0.05, 0.1) is 44.3 Å². The van der Waals surface area contributed by atoms with Crippen LogP contribution in [0.15, 0.2) is 237 Å². The summed E-state index contributed by atoms with van der Waals surface area (Å²) in [5.74, 6) is 0. The van der Waals surface area contributed by atoms with Gasteiger partial charge in [0.25, 0.3) is 0 Å². The molecule has 3 heteroatoms. The molecule has 0 aliphatic heterocycles. The van der Waals surface area contributed by atoms with Crippen molar-refractivity contribution in [3.63, 3.8) is 0 Å². The number of benzene rings is 12. The molecule has 0 amide bonds. The Morgan fingerprint density at radius 1 is 0.217 bits per heavy atom. The SMILES string of the molecule is c1ccc2c(c1)c1ccccc1c1c(-n3c4ccccc4c4cc(-c5ccc(-c6ccc7c(c6)c6ccccc6n7-c6cc7c8ccccc8n8c9ccccc9c(c6)c78)cc5)ccc43)cccc21. The fourth-order valence-corrected chi connectivity index (χ4v) is 12.4. The Labute approximate surface area is 395 Å². The summed E-state index contributed by atoms with van der Waals surface area (Å²) in [6.07, 6.45) is 0. The Morgan fingerprint density at radius 3 is 1.10 bits per heavy atom. The maximum atomic E-state index is 2.49. The van der Waals surface area contributed by atoms with Crippen molar-refractivity contribution in [3.8, 4) is 33.6 Å². The number of aromatic nitrogens is 3. The van der Waals surface area contributed by atoms with Crippen molar-refractivity contribution < 1.29 is 0 Å². The zero-order valence-corrected chi connectivity index (χ0v) is 37.4. The molecule has 0 atom stereocenters. The van der Waals surface area contributed by atoms with Gasteiger partial charge < -0.3 is 13.5 Å². The molecule has 12 aromatic carbocycles. The van der Waals surface area contributed by atoms with E-state index in [0.717, 1.165) is 0 Å². The lowest BCUT2D eigenvalue weighted by Gasteiger charge is -2.16. The van der Waals surface area contributed by atoms with Crippen molar-refractivity contribution in [1.29, 1.82) is 0 Å². The molecule has 3 nitrogen and oxygen atoms in total. The summed E-state index contributed by atoms with van der Waals surface area (Å²) in [4.78, 5) is 0. The fourth-order valence-electron chi connectivity index (χ4n) is 12.4. The van der Waals surface area contributed by atoms with E-state index < -0.39 is 0 Å². The number of para-hydroxylation sites is 4. The van der Waals surface area contributed by atoms with Crippen LogP contribution >= 0.6 is 0 Å². The lowest BCUT2D eigenvalue weighted by molar-refractivity contribution is 1.19. The molecule has 0 fully saturated rings. The fraction of sp³-hybridized carbons (Fsp3) is 0. The minimum absolute atomic E-state index is 1.18. The van der Waals surface area contributed by atoms with Gasteiger partial charge in [-0.25, -0.2) is 0 Å². The first-order chi connectivity index (χ1) is 34.2. The summed E-state index contributed by atoms with van der Waals surface area (Å²) >= 11 is 0. The van der Waals surface area contributed by atoms with Gasteiger partial charge in [-0.05, 0) is 116 Å². The van der Waals surface area contributed by atoms with Crippen LogP contribution in [0, 0.1) is 0 Å². The summed E-state index contributed by atoms with van der Waals surface area (Å²) in [6, 6.07) is 87.9. The zero-order chi connectivity index (χ0) is 44.9. The van der Waals surface area contributed by atoms with Crippen molar-refractivity contribution in [3.05, 3.63) is 237 Å². The highest BCUT2D eigenvalue weighted by molar-refractivity contribution is 6.28. The average molecular weight is 874 g/mol. The van der Waals surface area contributed by atoms with Crippen LogP contribution in [-0.4, -0.2) is 13.5 Å². The number of rotatable bonds is 4. The molecule has 0 unspecified atom stereocenters. The van der Waals surface area contributed by atoms with E-state index in [1.807, 2.05) is 0 Å². The second-order valence-corrected chi connectivity index (χ2v) is 18.8. The van der Waals surface area contributed by atoms with E-state index in [9.17, 15) is 0 Å². The molecule has 0 spiro atoms. The van der Waals surface area contributed by atoms with Crippen LogP contribution in [0.2, 0.25) is 0 Å². The first-order valence-electron chi connectivity index (χ1n) is 23.9. The molecular formula is C66H39N3. The minimum Gasteiger partial charge on any atom is -0.309 e. The van der Waals surface area contributed by atoms with Crippen LogP contribution in [0.25, 0.3) is 148 Å². The molecule has 0 bridgehead atoms. The number of hydrogen-bond acceptors (Lipinski definition) is 0. The third-order valence-corrected chi connectivity index (χ3v) is 15.3. The van der Waals surface area contributed by atoms with Gasteiger partial charge in [0.15, 0.2) is 0 Å². The van der Waals surface area contributed by atoms with E-state index in [1.165, 1.54) is 148 Å². The Kier molecular flexibility index (Phi) is 7.34. The van der Waals surface area contributed by atoms with E-state index in [0.29, 0.717) is 0 Å². The summed E-state index contributed by atoms with van der Waals surface area (Å²) < 4.78 is 7.41. The molecule has 0 radical (unpaired) electrons. The molecule has 0 saturated heterocycles. The van der Waals surface area contributed by atoms with Crippen LogP contribution in [0.4, 0.5) is 0 Å². The number of hydrogen-bond donors (Lipinski definition) is 0. The quantitative estimate of drug-likeness (QED) is 0.156. The Hall–Kier alpha value is -9.18. The van der Waals surface area contributed by atoms with Crippen molar-refractivity contribution in [2.24, 2.45) is 0 Å². The molecule has 69 heavy (non-hydrogen) atoms. The summed E-state index contributed by atoms with van der Waals surface area (Å²) in [5, 5.41) is 17.8. The summed E-state index contributed by atoms with van der Waals surface area (Å²) in [6.45, 7) is 0. The van der Waals surface area contributed by atoms with Crippen LogP contribution < -0.4 is 0 Å². The van der Waals surface area contributed by atoms with Crippen molar-refractivity contribution >= 4 is 114 Å². The molecule has 4 aromatic heterocycles. The van der Waals surface area contributed by atoms with Gasteiger partial charge in [-0.1, -0.05) is 170 Å². The van der Waals surface area contributed by atoms with E-state index in [2.05, 4.69) is 250 Å². The smallest absolute Gasteiger partial charge is 0.0622 e. The van der Waals surface area contributed by atoms with Gasteiger partial charge in [0.1, 0.15) is 0 Å². The lowest BCUT2D eigenvalue weighted by atomic mass is 9.93. The predicted molar refractivity (Wildman–Crippen MR) is 293 cm³/mol. The maximum Gasteiger partial charge on any atom is 0.0622 e. The van der Waals surface area contributed by atoms with Gasteiger partial charge in [-0.2, -0.15) is 0 Å². The van der Waals surface area contributed by atoms with Crippen molar-refractivity contribution in [2.75, 3.05) is 0 Å². The van der Waals surface area contributed by atoms with Crippen molar-refractivity contribution in [2.45, 2.75) is 0 Å². The number of fused-ring (bicyclic) bond motifs is 18. The summed E-state index contributed by atoms with van der Waals surface area (Å²) in [5.41, 5.74) is 15.8. The highest BCUT2D eigenvalue weighted by Crippen LogP contribution is 2.45. The van der Waals surface area contributed by atoms with E-state index in [-0.39, 0.29) is 0 Å². The van der Waals surface area contributed by atoms with Crippen LogP contribution in [-0.2, 0) is 0 Å². The third kappa shape index (κ3) is 5.00. The second-order valence-electron chi connectivity index (χ2n) is 18.8. The van der Waals surface area contributed by atoms with E-state index in [4.69, 9.17) is 0 Å². The van der Waals surface area contributed by atoms with Gasteiger partial charge in [0.2, 0.25) is 0 Å². The molecular weight excluding hydrogens is 835 g/mol. The van der Waals surface area contributed by atoms with Crippen molar-refractivity contribution in [1.82, 2.24) is 13.5 Å². The van der Waals surface area contributed by atoms with Crippen LogP contribution in [0.5, 0.6) is 0 Å². The first-order valence-corrected chi connectivity index (χ1v) is 23.9. The Morgan fingerprint density at radius 2 is 0.580 bits per heavy atom. The monoisotopic (exact) mass is 873 g/mol. The topological polar surface area (TPSA) is 14.3 Å².